The molecule has 1 saturated heterocycles. The normalized spacial score (nSPS) is 17.3. The number of pyridine rings is 1. The van der Waals surface area contributed by atoms with E-state index in [0.717, 1.165) is 12.8 Å². The number of anilines is 1. The molecule has 1 unspecified atom stereocenters. The van der Waals surface area contributed by atoms with E-state index in [9.17, 15) is 23.1 Å². The number of aromatic nitrogens is 1. The highest BCUT2D eigenvalue weighted by Crippen LogP contribution is 2.21. The highest BCUT2D eigenvalue weighted by molar-refractivity contribution is 7.92. The number of benzene rings is 1. The molecule has 9 heteroatoms. The minimum Gasteiger partial charge on any atom is -0.480 e. The first-order valence-corrected chi connectivity index (χ1v) is 9.93. The Hall–Kier alpha value is -2.94. The number of carbonyl (C=O) groups excluding carboxylic acids is 1. The highest BCUT2D eigenvalue weighted by atomic mass is 32.2. The van der Waals surface area contributed by atoms with Crippen molar-refractivity contribution in [3.05, 3.63) is 54.4 Å². The number of aliphatic carboxylic acids is 1. The highest BCUT2D eigenvalue weighted by Gasteiger charge is 2.32. The van der Waals surface area contributed by atoms with Gasteiger partial charge in [0.15, 0.2) is 0 Å². The van der Waals surface area contributed by atoms with Gasteiger partial charge >= 0.3 is 5.97 Å². The maximum atomic E-state index is 12.7. The summed E-state index contributed by atoms with van der Waals surface area (Å²) in [5.41, 5.74) is 0.633. The van der Waals surface area contributed by atoms with Crippen LogP contribution in [0.3, 0.4) is 0 Å². The molecule has 142 valence electrons. The van der Waals surface area contributed by atoms with Crippen LogP contribution in [0, 0.1) is 0 Å². The zero-order valence-electron chi connectivity index (χ0n) is 14.4. The summed E-state index contributed by atoms with van der Waals surface area (Å²) in [6, 6.07) is 7.67. The Labute approximate surface area is 156 Å². The minimum absolute atomic E-state index is 0.00397. The fourth-order valence-electron chi connectivity index (χ4n) is 3.01. The van der Waals surface area contributed by atoms with Crippen molar-refractivity contribution in [2.45, 2.75) is 30.2 Å². The summed E-state index contributed by atoms with van der Waals surface area (Å²) >= 11 is 0. The molecule has 0 aliphatic carbocycles. The topological polar surface area (TPSA) is 117 Å². The standard InChI is InChI=1S/C18H19N3O5S/c22-17(21-12-2-1-3-16(21)18(23)24)13-4-6-15(7-5-13)27(25,26)20-14-8-10-19-11-9-14/h4-11,16H,1-3,12H2,(H,19,20)(H,23,24). The molecule has 2 N–H and O–H groups in total. The smallest absolute Gasteiger partial charge is 0.326 e. The van der Waals surface area contributed by atoms with Gasteiger partial charge in [-0.05, 0) is 55.7 Å². The number of hydrogen-bond donors (Lipinski definition) is 2. The van der Waals surface area contributed by atoms with Crippen LogP contribution in [0.25, 0.3) is 0 Å². The second kappa shape index (κ2) is 7.75. The summed E-state index contributed by atoms with van der Waals surface area (Å²) < 4.78 is 27.3. The molecule has 3 rings (SSSR count). The Morgan fingerprint density at radius 3 is 2.37 bits per heavy atom. The molecule has 1 atom stereocenters. The number of hydrogen-bond acceptors (Lipinski definition) is 5. The number of likely N-dealkylation sites (tertiary alicyclic amines) is 1. The molecule has 1 aromatic heterocycles. The van der Waals surface area contributed by atoms with E-state index in [0.29, 0.717) is 18.7 Å². The van der Waals surface area contributed by atoms with E-state index in [-0.39, 0.29) is 10.5 Å². The van der Waals surface area contributed by atoms with E-state index >= 15 is 0 Å². The van der Waals surface area contributed by atoms with Gasteiger partial charge in [0.2, 0.25) is 0 Å². The number of rotatable bonds is 5. The van der Waals surface area contributed by atoms with Crippen molar-refractivity contribution in [3.63, 3.8) is 0 Å². The van der Waals surface area contributed by atoms with E-state index in [1.54, 1.807) is 0 Å². The van der Waals surface area contributed by atoms with Gasteiger partial charge in [0.05, 0.1) is 10.6 Å². The molecular formula is C18H19N3O5S. The molecule has 2 aromatic rings. The lowest BCUT2D eigenvalue weighted by molar-refractivity contribution is -0.143. The molecule has 1 fully saturated rings. The summed E-state index contributed by atoms with van der Waals surface area (Å²) in [5, 5.41) is 9.31. The molecule has 1 aliphatic heterocycles. The Balaban J connectivity index is 1.78. The van der Waals surface area contributed by atoms with Gasteiger partial charge in [-0.3, -0.25) is 14.5 Å². The van der Waals surface area contributed by atoms with E-state index in [1.165, 1.54) is 53.7 Å². The Kier molecular flexibility index (Phi) is 5.41. The number of carboxylic acids is 1. The fourth-order valence-corrected chi connectivity index (χ4v) is 4.07. The van der Waals surface area contributed by atoms with Crippen molar-refractivity contribution in [1.82, 2.24) is 9.88 Å². The lowest BCUT2D eigenvalue weighted by Crippen LogP contribution is -2.47. The molecule has 1 amide bonds. The number of piperidine rings is 1. The van der Waals surface area contributed by atoms with Gasteiger partial charge in [-0.25, -0.2) is 13.2 Å². The number of nitrogens with one attached hydrogen (secondary N) is 1. The average molecular weight is 389 g/mol. The predicted octanol–water partition coefficient (Wildman–Crippen LogP) is 1.96. The van der Waals surface area contributed by atoms with Crippen LogP contribution in [0.1, 0.15) is 29.6 Å². The molecule has 27 heavy (non-hydrogen) atoms. The first kappa shape index (κ1) is 18.8. The number of amides is 1. The Bertz CT molecular complexity index is 929. The lowest BCUT2D eigenvalue weighted by atomic mass is 10.0. The van der Waals surface area contributed by atoms with E-state index in [1.807, 2.05) is 0 Å². The Morgan fingerprint density at radius 1 is 1.07 bits per heavy atom. The summed E-state index contributed by atoms with van der Waals surface area (Å²) in [6.45, 7) is 0.374. The molecular weight excluding hydrogens is 370 g/mol. The monoisotopic (exact) mass is 389 g/mol. The quantitative estimate of drug-likeness (QED) is 0.807. The molecule has 1 aliphatic rings. The van der Waals surface area contributed by atoms with Crippen molar-refractivity contribution in [1.29, 1.82) is 0 Å². The van der Waals surface area contributed by atoms with Crippen molar-refractivity contribution < 1.29 is 23.1 Å². The maximum Gasteiger partial charge on any atom is 0.326 e. The first-order valence-electron chi connectivity index (χ1n) is 8.45. The van der Waals surface area contributed by atoms with Crippen LogP contribution >= 0.6 is 0 Å². The maximum absolute atomic E-state index is 12.7. The summed E-state index contributed by atoms with van der Waals surface area (Å²) in [7, 11) is -3.80. The third-order valence-corrected chi connectivity index (χ3v) is 5.79. The molecule has 0 bridgehead atoms. The SMILES string of the molecule is O=C(O)C1CCCCN1C(=O)c1ccc(S(=O)(=O)Nc2ccncc2)cc1. The van der Waals surface area contributed by atoms with Crippen LogP contribution in [0.2, 0.25) is 0 Å². The van der Waals surface area contributed by atoms with Crippen LogP contribution in [0.4, 0.5) is 5.69 Å². The third kappa shape index (κ3) is 4.25. The minimum atomic E-state index is -3.80. The molecule has 1 aromatic carbocycles. The van der Waals surface area contributed by atoms with Crippen molar-refractivity contribution in [2.24, 2.45) is 0 Å². The second-order valence-corrected chi connectivity index (χ2v) is 7.90. The average Bonchev–Trinajstić information content (AvgIpc) is 2.68. The molecule has 8 nitrogen and oxygen atoms in total. The van der Waals surface area contributed by atoms with Crippen LogP contribution in [0.5, 0.6) is 0 Å². The zero-order valence-corrected chi connectivity index (χ0v) is 15.2. The number of carboxylic acid groups (broad SMARTS) is 1. The van der Waals surface area contributed by atoms with Gasteiger partial charge in [-0.1, -0.05) is 0 Å². The summed E-state index contributed by atoms with van der Waals surface area (Å²) in [6.07, 6.45) is 4.87. The molecule has 2 heterocycles. The number of sulfonamides is 1. The zero-order chi connectivity index (χ0) is 19.4. The summed E-state index contributed by atoms with van der Waals surface area (Å²) in [4.78, 5) is 29.2. The molecule has 0 spiro atoms. The lowest BCUT2D eigenvalue weighted by Gasteiger charge is -2.33. The van der Waals surface area contributed by atoms with Gasteiger partial charge in [0.1, 0.15) is 6.04 Å². The van der Waals surface area contributed by atoms with Crippen LogP contribution in [-0.4, -0.2) is 47.9 Å². The van der Waals surface area contributed by atoms with Gasteiger partial charge in [0.25, 0.3) is 15.9 Å². The van der Waals surface area contributed by atoms with E-state index < -0.39 is 27.9 Å². The second-order valence-electron chi connectivity index (χ2n) is 6.21. The van der Waals surface area contributed by atoms with Crippen LogP contribution in [-0.2, 0) is 14.8 Å². The number of carbonyl (C=O) groups is 2. The first-order chi connectivity index (χ1) is 12.9. The Morgan fingerprint density at radius 2 is 1.74 bits per heavy atom. The largest absolute Gasteiger partial charge is 0.480 e. The van der Waals surface area contributed by atoms with Crippen molar-refractivity contribution in [2.75, 3.05) is 11.3 Å². The van der Waals surface area contributed by atoms with Crippen LogP contribution in [0.15, 0.2) is 53.7 Å². The number of nitrogens with zero attached hydrogens (tertiary/aromatic N) is 2. The third-order valence-electron chi connectivity index (χ3n) is 4.39. The van der Waals surface area contributed by atoms with Gasteiger partial charge in [-0.15, -0.1) is 0 Å². The molecule has 0 saturated carbocycles. The van der Waals surface area contributed by atoms with Crippen molar-refractivity contribution in [3.8, 4) is 0 Å². The van der Waals surface area contributed by atoms with Gasteiger partial charge in [-0.2, -0.15) is 0 Å². The van der Waals surface area contributed by atoms with E-state index in [2.05, 4.69) is 9.71 Å². The predicted molar refractivity (Wildman–Crippen MR) is 97.8 cm³/mol. The van der Waals surface area contributed by atoms with Crippen molar-refractivity contribution >= 4 is 27.6 Å². The molecule has 0 radical (unpaired) electrons. The summed E-state index contributed by atoms with van der Waals surface area (Å²) in [5.74, 6) is -1.43. The van der Waals surface area contributed by atoms with Gasteiger partial charge in [0, 0.05) is 24.5 Å². The fraction of sp³-hybridized carbons (Fsp3) is 0.278. The van der Waals surface area contributed by atoms with Gasteiger partial charge < -0.3 is 10.0 Å². The van der Waals surface area contributed by atoms with Crippen LogP contribution < -0.4 is 4.72 Å². The van der Waals surface area contributed by atoms with E-state index in [4.69, 9.17) is 0 Å².